The second-order valence-electron chi connectivity index (χ2n) is 5.66. The lowest BCUT2D eigenvalue weighted by molar-refractivity contribution is 0.164. The number of hydrogen-bond donors (Lipinski definition) is 3. The molecular weight excluding hydrogens is 240 g/mol. The van der Waals surface area contributed by atoms with Gasteiger partial charge < -0.3 is 10.4 Å². The van der Waals surface area contributed by atoms with Crippen molar-refractivity contribution in [2.45, 2.75) is 32.4 Å². The summed E-state index contributed by atoms with van der Waals surface area (Å²) in [5.41, 5.74) is 1.94. The van der Waals surface area contributed by atoms with E-state index < -0.39 is 6.10 Å². The molecule has 1 heterocycles. The summed E-state index contributed by atoms with van der Waals surface area (Å²) in [5.74, 6) is 0. The van der Waals surface area contributed by atoms with E-state index in [-0.39, 0.29) is 5.54 Å². The summed E-state index contributed by atoms with van der Waals surface area (Å²) in [6.07, 6.45) is 0.999. The predicted molar refractivity (Wildman–Crippen MR) is 73.5 cm³/mol. The summed E-state index contributed by atoms with van der Waals surface area (Å²) < 4.78 is 0. The maximum atomic E-state index is 10.3. The summed E-state index contributed by atoms with van der Waals surface area (Å²) in [7, 11) is 0. The summed E-state index contributed by atoms with van der Waals surface area (Å²) in [6.45, 7) is 6.55. The SMILES string of the molecule is CC(C)(C)NC[C@H](O)c1cc(C#N)cc2[nH]ncc12. The summed E-state index contributed by atoms with van der Waals surface area (Å²) in [4.78, 5) is 0. The van der Waals surface area contributed by atoms with Crippen molar-refractivity contribution >= 4 is 10.9 Å². The van der Waals surface area contributed by atoms with Crippen LogP contribution in [0.3, 0.4) is 0 Å². The lowest BCUT2D eigenvalue weighted by Gasteiger charge is -2.23. The molecule has 0 saturated carbocycles. The van der Waals surface area contributed by atoms with Crippen molar-refractivity contribution in [1.29, 1.82) is 5.26 Å². The van der Waals surface area contributed by atoms with Gasteiger partial charge in [-0.05, 0) is 38.5 Å². The van der Waals surface area contributed by atoms with E-state index in [2.05, 4.69) is 21.6 Å². The third kappa shape index (κ3) is 3.11. The van der Waals surface area contributed by atoms with E-state index in [0.29, 0.717) is 12.1 Å². The Hall–Kier alpha value is -1.90. The summed E-state index contributed by atoms with van der Waals surface area (Å²) in [5, 5.41) is 30.2. The number of rotatable bonds is 3. The first kappa shape index (κ1) is 13.5. The van der Waals surface area contributed by atoms with E-state index in [0.717, 1.165) is 16.5 Å². The van der Waals surface area contributed by atoms with Gasteiger partial charge >= 0.3 is 0 Å². The molecule has 0 saturated heterocycles. The van der Waals surface area contributed by atoms with Crippen molar-refractivity contribution in [2.75, 3.05) is 6.54 Å². The highest BCUT2D eigenvalue weighted by molar-refractivity contribution is 5.83. The zero-order chi connectivity index (χ0) is 14.0. The molecule has 0 amide bonds. The number of β-amino-alcohol motifs (C(OH)–C–C–N with tert-alkyl or cyclic N) is 1. The van der Waals surface area contributed by atoms with E-state index in [9.17, 15) is 5.11 Å². The second kappa shape index (κ2) is 5.00. The monoisotopic (exact) mass is 258 g/mol. The number of H-pyrrole nitrogens is 1. The molecule has 0 aliphatic heterocycles. The van der Waals surface area contributed by atoms with Gasteiger partial charge in [0.05, 0.1) is 29.5 Å². The minimum atomic E-state index is -0.673. The number of benzene rings is 1. The molecule has 100 valence electrons. The molecule has 0 aliphatic carbocycles. The van der Waals surface area contributed by atoms with Crippen LogP contribution in [-0.2, 0) is 0 Å². The Morgan fingerprint density at radius 2 is 2.21 bits per heavy atom. The fraction of sp³-hybridized carbons (Fsp3) is 0.429. The molecule has 1 atom stereocenters. The molecule has 0 radical (unpaired) electrons. The van der Waals surface area contributed by atoms with E-state index in [1.807, 2.05) is 20.8 Å². The van der Waals surface area contributed by atoms with Crippen molar-refractivity contribution in [3.05, 3.63) is 29.5 Å². The van der Waals surface area contributed by atoms with Gasteiger partial charge in [-0.1, -0.05) is 0 Å². The average molecular weight is 258 g/mol. The number of aliphatic hydroxyl groups is 1. The van der Waals surface area contributed by atoms with Gasteiger partial charge in [0.1, 0.15) is 0 Å². The molecule has 5 nitrogen and oxygen atoms in total. The topological polar surface area (TPSA) is 84.7 Å². The molecule has 2 aromatic rings. The maximum Gasteiger partial charge on any atom is 0.0992 e. The molecule has 0 unspecified atom stereocenters. The quantitative estimate of drug-likeness (QED) is 0.784. The fourth-order valence-corrected chi connectivity index (χ4v) is 1.93. The number of fused-ring (bicyclic) bond motifs is 1. The Labute approximate surface area is 112 Å². The minimum Gasteiger partial charge on any atom is -0.387 e. The summed E-state index contributed by atoms with van der Waals surface area (Å²) >= 11 is 0. The zero-order valence-corrected chi connectivity index (χ0v) is 11.4. The molecule has 5 heteroatoms. The molecule has 1 aromatic carbocycles. The number of nitriles is 1. The number of hydrogen-bond acceptors (Lipinski definition) is 4. The molecule has 0 bridgehead atoms. The Balaban J connectivity index is 2.33. The first-order valence-electron chi connectivity index (χ1n) is 6.21. The van der Waals surface area contributed by atoms with Gasteiger partial charge in [-0.3, -0.25) is 5.10 Å². The van der Waals surface area contributed by atoms with Gasteiger partial charge in [0, 0.05) is 17.5 Å². The van der Waals surface area contributed by atoms with Crippen molar-refractivity contribution < 1.29 is 5.11 Å². The van der Waals surface area contributed by atoms with Crippen molar-refractivity contribution in [3.8, 4) is 6.07 Å². The molecular formula is C14H18N4O. The number of aliphatic hydroxyl groups excluding tert-OH is 1. The van der Waals surface area contributed by atoms with Crippen LogP contribution < -0.4 is 5.32 Å². The zero-order valence-electron chi connectivity index (χ0n) is 11.4. The molecule has 2 rings (SSSR count). The molecule has 19 heavy (non-hydrogen) atoms. The number of nitrogens with one attached hydrogen (secondary N) is 2. The van der Waals surface area contributed by atoms with Crippen molar-refractivity contribution in [1.82, 2.24) is 15.5 Å². The van der Waals surface area contributed by atoms with Crippen LogP contribution in [0.1, 0.15) is 38.0 Å². The van der Waals surface area contributed by atoms with Crippen molar-refractivity contribution in [3.63, 3.8) is 0 Å². The maximum absolute atomic E-state index is 10.3. The number of nitrogens with zero attached hydrogens (tertiary/aromatic N) is 2. The van der Waals surface area contributed by atoms with E-state index in [4.69, 9.17) is 5.26 Å². The van der Waals surface area contributed by atoms with Gasteiger partial charge in [-0.15, -0.1) is 0 Å². The van der Waals surface area contributed by atoms with Gasteiger partial charge in [0.15, 0.2) is 0 Å². The van der Waals surface area contributed by atoms with Gasteiger partial charge in [-0.2, -0.15) is 10.4 Å². The van der Waals surface area contributed by atoms with Crippen LogP contribution in [0.5, 0.6) is 0 Å². The van der Waals surface area contributed by atoms with Crippen LogP contribution >= 0.6 is 0 Å². The van der Waals surface area contributed by atoms with E-state index >= 15 is 0 Å². The highest BCUT2D eigenvalue weighted by Gasteiger charge is 2.17. The van der Waals surface area contributed by atoms with Crippen LogP contribution in [0.2, 0.25) is 0 Å². The Kier molecular flexibility index (Phi) is 3.56. The van der Waals surface area contributed by atoms with Gasteiger partial charge in [0.25, 0.3) is 0 Å². The first-order valence-corrected chi connectivity index (χ1v) is 6.21. The van der Waals surface area contributed by atoms with Gasteiger partial charge in [-0.25, -0.2) is 0 Å². The third-order valence-electron chi connectivity index (χ3n) is 2.90. The lowest BCUT2D eigenvalue weighted by atomic mass is 10.0. The fourth-order valence-electron chi connectivity index (χ4n) is 1.93. The Morgan fingerprint density at radius 3 is 2.84 bits per heavy atom. The van der Waals surface area contributed by atoms with E-state index in [1.54, 1.807) is 18.3 Å². The standard InChI is InChI=1S/C14H18N4O/c1-14(2,3)16-8-13(19)10-4-9(6-15)5-12-11(10)7-17-18-12/h4-5,7,13,16,19H,8H2,1-3H3,(H,17,18)/t13-/m0/s1. The van der Waals surface area contributed by atoms with Crippen LogP contribution in [0.25, 0.3) is 10.9 Å². The van der Waals surface area contributed by atoms with E-state index in [1.165, 1.54) is 0 Å². The highest BCUT2D eigenvalue weighted by atomic mass is 16.3. The normalized spacial score (nSPS) is 13.4. The van der Waals surface area contributed by atoms with Crippen LogP contribution in [-0.4, -0.2) is 27.4 Å². The van der Waals surface area contributed by atoms with Crippen molar-refractivity contribution in [2.24, 2.45) is 0 Å². The minimum absolute atomic E-state index is 0.0661. The predicted octanol–water partition coefficient (Wildman–Crippen LogP) is 1.86. The molecule has 1 aromatic heterocycles. The summed E-state index contributed by atoms with van der Waals surface area (Å²) in [6, 6.07) is 5.54. The highest BCUT2D eigenvalue weighted by Crippen LogP contribution is 2.24. The van der Waals surface area contributed by atoms with Crippen LogP contribution in [0, 0.1) is 11.3 Å². The van der Waals surface area contributed by atoms with Crippen LogP contribution in [0.15, 0.2) is 18.3 Å². The molecule has 0 aliphatic rings. The lowest BCUT2D eigenvalue weighted by Crippen LogP contribution is -2.38. The largest absolute Gasteiger partial charge is 0.387 e. The first-order chi connectivity index (χ1) is 8.90. The van der Waals surface area contributed by atoms with Gasteiger partial charge in [0.2, 0.25) is 0 Å². The molecule has 0 spiro atoms. The Bertz CT molecular complexity index is 618. The van der Waals surface area contributed by atoms with Crippen LogP contribution in [0.4, 0.5) is 0 Å². The smallest absolute Gasteiger partial charge is 0.0992 e. The number of aromatic nitrogens is 2. The third-order valence-corrected chi connectivity index (χ3v) is 2.90. The Morgan fingerprint density at radius 1 is 1.47 bits per heavy atom. The second-order valence-corrected chi connectivity index (χ2v) is 5.66. The molecule has 3 N–H and O–H groups in total. The molecule has 0 fully saturated rings. The number of aromatic amines is 1. The average Bonchev–Trinajstić information content (AvgIpc) is 2.81.